The Morgan fingerprint density at radius 2 is 2.00 bits per heavy atom. The van der Waals surface area contributed by atoms with Crippen LogP contribution in [0.25, 0.3) is 0 Å². The van der Waals surface area contributed by atoms with Crippen LogP contribution in [0.2, 0.25) is 0 Å². The minimum absolute atomic E-state index is 0.0261. The molecule has 1 aliphatic heterocycles. The average Bonchev–Trinajstić information content (AvgIpc) is 2.48. The van der Waals surface area contributed by atoms with Crippen molar-refractivity contribution < 1.29 is 9.18 Å². The normalized spacial score (nSPS) is 17.6. The quantitative estimate of drug-likeness (QED) is 0.823. The second kappa shape index (κ2) is 6.81. The van der Waals surface area contributed by atoms with E-state index in [1.807, 2.05) is 6.92 Å². The van der Waals surface area contributed by atoms with E-state index in [0.717, 1.165) is 0 Å². The molecule has 1 saturated heterocycles. The summed E-state index contributed by atoms with van der Waals surface area (Å²) in [5.74, 6) is -0.592. The van der Waals surface area contributed by atoms with E-state index in [2.05, 4.69) is 20.8 Å². The van der Waals surface area contributed by atoms with E-state index in [-0.39, 0.29) is 16.4 Å². The molecular formula is C14H17BrFN3OS. The second-order valence-corrected chi connectivity index (χ2v) is 6.27. The van der Waals surface area contributed by atoms with Crippen LogP contribution in [0.1, 0.15) is 17.3 Å². The molecule has 1 atom stereocenters. The number of thiocarbonyl (C=S) groups is 1. The molecule has 1 aromatic rings. The van der Waals surface area contributed by atoms with Crippen molar-refractivity contribution in [3.05, 3.63) is 34.1 Å². The lowest BCUT2D eigenvalue weighted by molar-refractivity contribution is 0.0620. The molecule has 1 aliphatic rings. The summed E-state index contributed by atoms with van der Waals surface area (Å²) in [5.41, 5.74) is 6.00. The van der Waals surface area contributed by atoms with E-state index < -0.39 is 5.82 Å². The minimum atomic E-state index is -0.429. The SMILES string of the molecule is CC(C(N)=S)N1CCN(C(=O)c2cccc(F)c2Br)CC1. The Kier molecular flexibility index (Phi) is 5.29. The van der Waals surface area contributed by atoms with Gasteiger partial charge in [0.1, 0.15) is 5.82 Å². The van der Waals surface area contributed by atoms with Crippen LogP contribution >= 0.6 is 28.1 Å². The van der Waals surface area contributed by atoms with Gasteiger partial charge in [-0.1, -0.05) is 18.3 Å². The van der Waals surface area contributed by atoms with Crippen molar-refractivity contribution in [2.45, 2.75) is 13.0 Å². The first kappa shape index (κ1) is 16.3. The Bertz CT molecular complexity index is 561. The summed E-state index contributed by atoms with van der Waals surface area (Å²) >= 11 is 8.13. The predicted molar refractivity (Wildman–Crippen MR) is 87.8 cm³/mol. The maximum atomic E-state index is 13.5. The number of hydrogen-bond donors (Lipinski definition) is 1. The first-order valence-corrected chi connectivity index (χ1v) is 7.88. The molecule has 0 bridgehead atoms. The van der Waals surface area contributed by atoms with E-state index in [0.29, 0.717) is 36.7 Å². The van der Waals surface area contributed by atoms with Gasteiger partial charge in [-0.05, 0) is 35.0 Å². The third-order valence-corrected chi connectivity index (χ3v) is 4.89. The van der Waals surface area contributed by atoms with Gasteiger partial charge in [0.15, 0.2) is 0 Å². The van der Waals surface area contributed by atoms with E-state index in [9.17, 15) is 9.18 Å². The zero-order valence-corrected chi connectivity index (χ0v) is 14.1. The van der Waals surface area contributed by atoms with E-state index in [1.54, 1.807) is 17.0 Å². The Morgan fingerprint density at radius 3 is 2.57 bits per heavy atom. The first-order chi connectivity index (χ1) is 9.91. The molecule has 0 aromatic heterocycles. The highest BCUT2D eigenvalue weighted by Crippen LogP contribution is 2.22. The van der Waals surface area contributed by atoms with Gasteiger partial charge in [-0.25, -0.2) is 4.39 Å². The molecule has 4 nitrogen and oxygen atoms in total. The molecule has 1 aromatic carbocycles. The Labute approximate surface area is 137 Å². The van der Waals surface area contributed by atoms with Crippen molar-refractivity contribution in [3.8, 4) is 0 Å². The van der Waals surface area contributed by atoms with E-state index in [1.165, 1.54) is 6.07 Å². The second-order valence-electron chi connectivity index (χ2n) is 5.01. The number of amides is 1. The summed E-state index contributed by atoms with van der Waals surface area (Å²) in [6.45, 7) is 4.53. The van der Waals surface area contributed by atoms with Crippen LogP contribution in [0.3, 0.4) is 0 Å². The molecule has 1 heterocycles. The third-order valence-electron chi connectivity index (χ3n) is 3.74. The lowest BCUT2D eigenvalue weighted by Gasteiger charge is -2.37. The van der Waals surface area contributed by atoms with Crippen LogP contribution in [0.15, 0.2) is 22.7 Å². The number of hydrogen-bond acceptors (Lipinski definition) is 3. The lowest BCUT2D eigenvalue weighted by atomic mass is 10.1. The number of halogens is 2. The number of carbonyl (C=O) groups is 1. The molecule has 21 heavy (non-hydrogen) atoms. The predicted octanol–water partition coefficient (Wildman–Crippen LogP) is 2.02. The van der Waals surface area contributed by atoms with Gasteiger partial charge in [-0.2, -0.15) is 0 Å². The number of piperazine rings is 1. The fourth-order valence-corrected chi connectivity index (χ4v) is 2.91. The summed E-state index contributed by atoms with van der Waals surface area (Å²) in [4.78, 5) is 16.8. The number of benzene rings is 1. The molecule has 1 fully saturated rings. The zero-order chi connectivity index (χ0) is 15.6. The standard InChI is InChI=1S/C14H17BrFN3OS/c1-9(13(17)21)18-5-7-19(8-6-18)14(20)10-3-2-4-11(16)12(10)15/h2-4,9H,5-8H2,1H3,(H2,17,21). The van der Waals surface area contributed by atoms with Crippen molar-refractivity contribution in [2.75, 3.05) is 26.2 Å². The van der Waals surface area contributed by atoms with Gasteiger partial charge in [-0.15, -0.1) is 0 Å². The van der Waals surface area contributed by atoms with Crippen molar-refractivity contribution in [3.63, 3.8) is 0 Å². The minimum Gasteiger partial charge on any atom is -0.392 e. The van der Waals surface area contributed by atoms with Crippen molar-refractivity contribution >= 4 is 39.0 Å². The molecule has 0 aliphatic carbocycles. The number of carbonyl (C=O) groups excluding carboxylic acids is 1. The molecule has 0 radical (unpaired) electrons. The molecule has 7 heteroatoms. The van der Waals surface area contributed by atoms with Crippen LogP contribution in [0, 0.1) is 5.82 Å². The van der Waals surface area contributed by atoms with Crippen LogP contribution < -0.4 is 5.73 Å². The van der Waals surface area contributed by atoms with E-state index >= 15 is 0 Å². The van der Waals surface area contributed by atoms with Gasteiger partial charge >= 0.3 is 0 Å². The maximum absolute atomic E-state index is 13.5. The fraction of sp³-hybridized carbons (Fsp3) is 0.429. The Morgan fingerprint density at radius 1 is 1.38 bits per heavy atom. The average molecular weight is 374 g/mol. The molecule has 114 valence electrons. The molecular weight excluding hydrogens is 357 g/mol. The molecule has 2 rings (SSSR count). The topological polar surface area (TPSA) is 49.6 Å². The smallest absolute Gasteiger partial charge is 0.255 e. The van der Waals surface area contributed by atoms with Crippen LogP contribution in [0.5, 0.6) is 0 Å². The highest BCUT2D eigenvalue weighted by Gasteiger charge is 2.26. The van der Waals surface area contributed by atoms with Gasteiger partial charge in [0.2, 0.25) is 0 Å². The molecule has 1 unspecified atom stereocenters. The maximum Gasteiger partial charge on any atom is 0.255 e. The highest BCUT2D eigenvalue weighted by atomic mass is 79.9. The number of rotatable bonds is 3. The van der Waals surface area contributed by atoms with Gasteiger partial charge in [0, 0.05) is 26.2 Å². The zero-order valence-electron chi connectivity index (χ0n) is 11.7. The van der Waals surface area contributed by atoms with Crippen LogP contribution in [-0.2, 0) is 0 Å². The monoisotopic (exact) mass is 373 g/mol. The Balaban J connectivity index is 2.04. The van der Waals surface area contributed by atoms with Gasteiger partial charge in [-0.3, -0.25) is 9.69 Å². The first-order valence-electron chi connectivity index (χ1n) is 6.68. The highest BCUT2D eigenvalue weighted by molar-refractivity contribution is 9.10. The van der Waals surface area contributed by atoms with Gasteiger partial charge in [0.05, 0.1) is 21.1 Å². The lowest BCUT2D eigenvalue weighted by Crippen LogP contribution is -2.54. The summed E-state index contributed by atoms with van der Waals surface area (Å²) in [7, 11) is 0. The summed E-state index contributed by atoms with van der Waals surface area (Å²) in [6.07, 6.45) is 0. The number of nitrogens with zero attached hydrogens (tertiary/aromatic N) is 2. The third kappa shape index (κ3) is 3.59. The van der Waals surface area contributed by atoms with Crippen LogP contribution in [-0.4, -0.2) is 52.9 Å². The largest absolute Gasteiger partial charge is 0.392 e. The van der Waals surface area contributed by atoms with Gasteiger partial charge in [0.25, 0.3) is 5.91 Å². The molecule has 0 spiro atoms. The Hall–Kier alpha value is -1.05. The molecule has 2 N–H and O–H groups in total. The molecule has 0 saturated carbocycles. The van der Waals surface area contributed by atoms with Crippen molar-refractivity contribution in [2.24, 2.45) is 5.73 Å². The fourth-order valence-electron chi connectivity index (χ4n) is 2.33. The van der Waals surface area contributed by atoms with Crippen LogP contribution in [0.4, 0.5) is 4.39 Å². The van der Waals surface area contributed by atoms with Gasteiger partial charge < -0.3 is 10.6 Å². The number of nitrogens with two attached hydrogens (primary N) is 1. The van der Waals surface area contributed by atoms with Crippen molar-refractivity contribution in [1.82, 2.24) is 9.80 Å². The molecule has 1 amide bonds. The summed E-state index contributed by atoms with van der Waals surface area (Å²) in [5, 5.41) is 0. The summed E-state index contributed by atoms with van der Waals surface area (Å²) < 4.78 is 13.7. The van der Waals surface area contributed by atoms with Crippen molar-refractivity contribution in [1.29, 1.82) is 0 Å². The van der Waals surface area contributed by atoms with E-state index in [4.69, 9.17) is 18.0 Å². The summed E-state index contributed by atoms with van der Waals surface area (Å²) in [6, 6.07) is 4.51.